The van der Waals surface area contributed by atoms with Crippen LogP contribution in [0.25, 0.3) is 11.1 Å². The summed E-state index contributed by atoms with van der Waals surface area (Å²) in [7, 11) is 0. The Bertz CT molecular complexity index is 1100. The van der Waals surface area contributed by atoms with Crippen LogP contribution in [0.3, 0.4) is 0 Å². The number of hydrogen-bond acceptors (Lipinski definition) is 2. The number of primary amides is 1. The van der Waals surface area contributed by atoms with Gasteiger partial charge in [0.2, 0.25) is 5.91 Å². The Morgan fingerprint density at radius 3 is 1.97 bits per heavy atom. The van der Waals surface area contributed by atoms with E-state index in [-0.39, 0.29) is 5.56 Å². The number of carbonyl (C=O) groups is 2. The highest BCUT2D eigenvalue weighted by Gasteiger charge is 2.38. The third kappa shape index (κ3) is 3.43. The summed E-state index contributed by atoms with van der Waals surface area (Å²) in [5, 5.41) is 2.55. The number of rotatable bonds is 4. The standard InChI is InChI=1S/C23H17F3N2O2/c24-23(25,26)14-7-5-6-13(12-14)22(30)28-20(21(27)29)19-17-10-3-1-8-15(17)16-9-2-4-11-18(16)19/h1-12,19-20H,(H2,27,29)(H,28,30)/t20-/m1/s1. The molecular formula is C23H17F3N2O2. The molecule has 1 aliphatic carbocycles. The van der Waals surface area contributed by atoms with E-state index in [4.69, 9.17) is 5.73 Å². The van der Waals surface area contributed by atoms with Crippen LogP contribution < -0.4 is 11.1 Å². The minimum Gasteiger partial charge on any atom is -0.368 e. The first-order valence-corrected chi connectivity index (χ1v) is 9.23. The molecule has 3 aromatic carbocycles. The van der Waals surface area contributed by atoms with Gasteiger partial charge >= 0.3 is 6.18 Å². The second-order valence-electron chi connectivity index (χ2n) is 7.08. The van der Waals surface area contributed by atoms with Gasteiger partial charge in [0, 0.05) is 11.5 Å². The molecule has 0 fully saturated rings. The molecule has 0 bridgehead atoms. The van der Waals surface area contributed by atoms with Gasteiger partial charge in [-0.25, -0.2) is 0 Å². The van der Waals surface area contributed by atoms with Gasteiger partial charge in [-0.1, -0.05) is 54.6 Å². The molecule has 4 nitrogen and oxygen atoms in total. The summed E-state index contributed by atoms with van der Waals surface area (Å²) in [6.07, 6.45) is -4.58. The van der Waals surface area contributed by atoms with Crippen LogP contribution in [0.1, 0.15) is 33.0 Å². The lowest BCUT2D eigenvalue weighted by atomic mass is 9.88. The van der Waals surface area contributed by atoms with Gasteiger partial charge in [-0.05, 0) is 40.5 Å². The van der Waals surface area contributed by atoms with E-state index in [2.05, 4.69) is 5.32 Å². The number of nitrogens with two attached hydrogens (primary N) is 1. The fourth-order valence-corrected chi connectivity index (χ4v) is 3.93. The summed E-state index contributed by atoms with van der Waals surface area (Å²) in [5.41, 5.74) is 7.99. The summed E-state index contributed by atoms with van der Waals surface area (Å²) in [5.74, 6) is -2.11. The molecule has 30 heavy (non-hydrogen) atoms. The molecule has 152 valence electrons. The van der Waals surface area contributed by atoms with Gasteiger partial charge in [0.05, 0.1) is 5.56 Å². The number of alkyl halides is 3. The predicted octanol–water partition coefficient (Wildman–Crippen LogP) is 4.10. The average molecular weight is 410 g/mol. The van der Waals surface area contributed by atoms with Crippen LogP contribution in [0.4, 0.5) is 13.2 Å². The predicted molar refractivity (Wildman–Crippen MR) is 106 cm³/mol. The summed E-state index contributed by atoms with van der Waals surface area (Å²) in [4.78, 5) is 25.1. The van der Waals surface area contributed by atoms with Crippen LogP contribution in [0.2, 0.25) is 0 Å². The lowest BCUT2D eigenvalue weighted by Crippen LogP contribution is -2.48. The Balaban J connectivity index is 1.71. The van der Waals surface area contributed by atoms with E-state index in [1.807, 2.05) is 48.5 Å². The van der Waals surface area contributed by atoms with Crippen LogP contribution >= 0.6 is 0 Å². The Kier molecular flexibility index (Phi) is 4.81. The van der Waals surface area contributed by atoms with Gasteiger partial charge in [-0.2, -0.15) is 13.2 Å². The molecule has 3 N–H and O–H groups in total. The number of carbonyl (C=O) groups excluding carboxylic acids is 2. The van der Waals surface area contributed by atoms with Crippen molar-refractivity contribution in [3.8, 4) is 11.1 Å². The normalized spacial score (nSPS) is 14.0. The molecule has 0 aromatic heterocycles. The first-order valence-electron chi connectivity index (χ1n) is 9.23. The fourth-order valence-electron chi connectivity index (χ4n) is 3.93. The lowest BCUT2D eigenvalue weighted by molar-refractivity contribution is -0.137. The molecule has 0 heterocycles. The molecular weight excluding hydrogens is 393 g/mol. The van der Waals surface area contributed by atoms with Crippen molar-refractivity contribution in [3.05, 3.63) is 95.1 Å². The zero-order valence-corrected chi connectivity index (χ0v) is 15.6. The van der Waals surface area contributed by atoms with Gasteiger partial charge in [-0.15, -0.1) is 0 Å². The maximum absolute atomic E-state index is 13.0. The summed E-state index contributed by atoms with van der Waals surface area (Å²) in [6, 6.07) is 17.9. The van der Waals surface area contributed by atoms with E-state index in [1.165, 1.54) is 6.07 Å². The highest BCUT2D eigenvalue weighted by Crippen LogP contribution is 2.46. The van der Waals surface area contributed by atoms with Gasteiger partial charge in [0.1, 0.15) is 6.04 Å². The lowest BCUT2D eigenvalue weighted by Gasteiger charge is -2.24. The topological polar surface area (TPSA) is 72.2 Å². The molecule has 0 aliphatic heterocycles. The highest BCUT2D eigenvalue weighted by atomic mass is 19.4. The minimum absolute atomic E-state index is 0.198. The van der Waals surface area contributed by atoms with Crippen molar-refractivity contribution in [2.75, 3.05) is 0 Å². The SMILES string of the molecule is NC(=O)[C@H](NC(=O)c1cccc(C(F)(F)F)c1)C1c2ccccc2-c2ccccc21. The highest BCUT2D eigenvalue weighted by molar-refractivity contribution is 5.98. The van der Waals surface area contributed by atoms with Crippen molar-refractivity contribution in [1.82, 2.24) is 5.32 Å². The third-order valence-electron chi connectivity index (χ3n) is 5.26. The van der Waals surface area contributed by atoms with Crippen molar-refractivity contribution in [3.63, 3.8) is 0 Å². The van der Waals surface area contributed by atoms with E-state index < -0.39 is 35.5 Å². The zero-order valence-electron chi connectivity index (χ0n) is 15.6. The second-order valence-corrected chi connectivity index (χ2v) is 7.08. The van der Waals surface area contributed by atoms with E-state index >= 15 is 0 Å². The van der Waals surface area contributed by atoms with E-state index in [0.29, 0.717) is 0 Å². The molecule has 0 spiro atoms. The molecule has 0 saturated carbocycles. The molecule has 1 aliphatic rings. The summed E-state index contributed by atoms with van der Waals surface area (Å²) in [6.45, 7) is 0. The van der Waals surface area contributed by atoms with Crippen LogP contribution in [0, 0.1) is 0 Å². The number of nitrogens with one attached hydrogen (secondary N) is 1. The smallest absolute Gasteiger partial charge is 0.368 e. The number of halogens is 3. The number of benzene rings is 3. The van der Waals surface area contributed by atoms with Crippen LogP contribution in [0.15, 0.2) is 72.8 Å². The Hall–Kier alpha value is -3.61. The maximum atomic E-state index is 13.0. The molecule has 0 saturated heterocycles. The van der Waals surface area contributed by atoms with Gasteiger partial charge in [0.25, 0.3) is 5.91 Å². The molecule has 2 amide bonds. The maximum Gasteiger partial charge on any atom is 0.416 e. The van der Waals surface area contributed by atoms with Crippen LogP contribution in [-0.2, 0) is 11.0 Å². The van der Waals surface area contributed by atoms with Crippen molar-refractivity contribution in [2.24, 2.45) is 5.73 Å². The van der Waals surface area contributed by atoms with E-state index in [0.717, 1.165) is 40.5 Å². The van der Waals surface area contributed by atoms with Crippen LogP contribution in [-0.4, -0.2) is 17.9 Å². The van der Waals surface area contributed by atoms with E-state index in [1.54, 1.807) is 0 Å². The summed E-state index contributed by atoms with van der Waals surface area (Å²) < 4.78 is 39.0. The van der Waals surface area contributed by atoms with Crippen molar-refractivity contribution in [2.45, 2.75) is 18.1 Å². The van der Waals surface area contributed by atoms with Gasteiger partial charge in [0.15, 0.2) is 0 Å². The zero-order chi connectivity index (χ0) is 21.5. The molecule has 7 heteroatoms. The van der Waals surface area contributed by atoms with Crippen molar-refractivity contribution >= 4 is 11.8 Å². The molecule has 4 rings (SSSR count). The largest absolute Gasteiger partial charge is 0.416 e. The van der Waals surface area contributed by atoms with Gasteiger partial charge in [-0.3, -0.25) is 9.59 Å². The van der Waals surface area contributed by atoms with E-state index in [9.17, 15) is 22.8 Å². The Labute approximate surface area is 170 Å². The Morgan fingerprint density at radius 1 is 0.867 bits per heavy atom. The second kappa shape index (κ2) is 7.33. The number of fused-ring (bicyclic) bond motifs is 3. The molecule has 0 radical (unpaired) electrons. The molecule has 3 aromatic rings. The average Bonchev–Trinajstić information content (AvgIpc) is 3.05. The minimum atomic E-state index is -4.58. The quantitative estimate of drug-likeness (QED) is 0.680. The molecule has 0 unspecified atom stereocenters. The molecule has 1 atom stereocenters. The third-order valence-corrected chi connectivity index (χ3v) is 5.26. The van der Waals surface area contributed by atoms with Gasteiger partial charge < -0.3 is 11.1 Å². The number of hydrogen-bond donors (Lipinski definition) is 2. The van der Waals surface area contributed by atoms with Crippen molar-refractivity contribution in [1.29, 1.82) is 0 Å². The van der Waals surface area contributed by atoms with Crippen LogP contribution in [0.5, 0.6) is 0 Å². The monoisotopic (exact) mass is 410 g/mol. The number of amides is 2. The Morgan fingerprint density at radius 2 is 1.43 bits per heavy atom. The summed E-state index contributed by atoms with van der Waals surface area (Å²) >= 11 is 0. The fraction of sp³-hybridized carbons (Fsp3) is 0.130. The first-order chi connectivity index (χ1) is 14.3. The first kappa shape index (κ1) is 19.7. The van der Waals surface area contributed by atoms with Crippen molar-refractivity contribution < 1.29 is 22.8 Å².